The van der Waals surface area contributed by atoms with Crippen LogP contribution in [0.2, 0.25) is 0 Å². The van der Waals surface area contributed by atoms with Crippen molar-refractivity contribution in [3.05, 3.63) is 215 Å². The monoisotopic (exact) mass is 1090 g/mol. The zero-order valence-electron chi connectivity index (χ0n) is 45.4. The second-order valence-corrected chi connectivity index (χ2v) is 39.4. The van der Waals surface area contributed by atoms with Crippen molar-refractivity contribution in [2.24, 2.45) is 0 Å². The van der Waals surface area contributed by atoms with Crippen molar-refractivity contribution in [3.63, 3.8) is 0 Å². The predicted molar refractivity (Wildman–Crippen MR) is 314 cm³/mol. The zero-order chi connectivity index (χ0) is 51.6. The first-order valence-electron chi connectivity index (χ1n) is 27.8. The van der Waals surface area contributed by atoms with Crippen LogP contribution in [0.5, 0.6) is 11.5 Å². The second-order valence-electron chi connectivity index (χ2n) is 23.9. The summed E-state index contributed by atoms with van der Waals surface area (Å²) < 4.78 is 0. The summed E-state index contributed by atoms with van der Waals surface area (Å²) in [6, 6.07) is 51.9. The molecular formula is C68H86O2S2Zr-2. The normalized spacial score (nSPS) is 21.5. The third kappa shape index (κ3) is 13.4. The van der Waals surface area contributed by atoms with Crippen molar-refractivity contribution in [3.8, 4) is 11.5 Å². The summed E-state index contributed by atoms with van der Waals surface area (Å²) in [5.41, 5.74) is 12.3. The van der Waals surface area contributed by atoms with Crippen molar-refractivity contribution < 1.29 is 29.4 Å². The Kier molecular flexibility index (Phi) is 18.9. The van der Waals surface area contributed by atoms with E-state index in [0.29, 0.717) is 25.7 Å². The zero-order valence-corrected chi connectivity index (χ0v) is 49.5. The van der Waals surface area contributed by atoms with E-state index in [-0.39, 0.29) is 21.7 Å². The van der Waals surface area contributed by atoms with E-state index in [1.54, 1.807) is 0 Å². The van der Waals surface area contributed by atoms with Gasteiger partial charge in [-0.05, 0) is 0 Å². The third-order valence-corrected chi connectivity index (χ3v) is 38.4. The fraction of sp³-hybridized carbons (Fsp3) is 0.441. The number of aromatic hydroxyl groups is 2. The van der Waals surface area contributed by atoms with Crippen molar-refractivity contribution >= 4 is 14.2 Å². The fourth-order valence-corrected chi connectivity index (χ4v) is 41.2. The maximum Gasteiger partial charge on any atom is -0.0866 e. The first-order valence-corrected chi connectivity index (χ1v) is 36.8. The smallest absolute Gasteiger partial charge is 0.0866 e. The molecule has 3 aliphatic carbocycles. The Morgan fingerprint density at radius 2 is 0.767 bits per heavy atom. The van der Waals surface area contributed by atoms with Gasteiger partial charge in [0.1, 0.15) is 0 Å². The third-order valence-electron chi connectivity index (χ3n) is 16.6. The largest absolute Gasteiger partial charge is 0.199 e. The molecule has 0 aromatic heterocycles. The quantitative estimate of drug-likeness (QED) is 0.149. The molecule has 0 spiro atoms. The summed E-state index contributed by atoms with van der Waals surface area (Å²) in [5.74, 6) is 3.34. The number of benzene rings is 6. The minimum Gasteiger partial charge on any atom is -0.199 e. The molecule has 0 saturated heterocycles. The maximum atomic E-state index is 12.7. The van der Waals surface area contributed by atoms with Gasteiger partial charge < -0.3 is 0 Å². The molecule has 4 atom stereocenters. The first kappa shape index (κ1) is 55.5. The number of rotatable bonds is 8. The fourth-order valence-electron chi connectivity index (χ4n) is 12.3. The van der Waals surface area contributed by atoms with Gasteiger partial charge in [0.05, 0.1) is 0 Å². The molecule has 10 rings (SSSR count). The summed E-state index contributed by atoms with van der Waals surface area (Å²) >= 11 is -0.908. The van der Waals surface area contributed by atoms with Crippen LogP contribution in [0.25, 0.3) is 0 Å². The van der Waals surface area contributed by atoms with Crippen molar-refractivity contribution in [1.29, 1.82) is 0 Å². The Morgan fingerprint density at radius 1 is 0.452 bits per heavy atom. The molecule has 2 nitrogen and oxygen atoms in total. The van der Waals surface area contributed by atoms with E-state index < -0.39 is 19.2 Å². The molecule has 6 aromatic rings. The predicted octanol–water partition coefficient (Wildman–Crippen LogP) is 19.2. The number of fused-ring (bicyclic) bond motifs is 1. The molecule has 2 N–H and O–H groups in total. The molecule has 1 aliphatic heterocycles. The van der Waals surface area contributed by atoms with Crippen LogP contribution in [0.3, 0.4) is 0 Å². The molecule has 0 bridgehead atoms. The van der Waals surface area contributed by atoms with Gasteiger partial charge in [-0.1, -0.05) is 12.1 Å². The van der Waals surface area contributed by atoms with Gasteiger partial charge in [0, 0.05) is 0 Å². The molecule has 0 amide bonds. The van der Waals surface area contributed by atoms with Crippen LogP contribution >= 0.6 is 14.2 Å². The van der Waals surface area contributed by atoms with E-state index in [4.69, 9.17) is 0 Å². The van der Waals surface area contributed by atoms with E-state index in [1.165, 1.54) is 122 Å². The average Bonchev–Trinajstić information content (AvgIpc) is 3.69. The summed E-state index contributed by atoms with van der Waals surface area (Å²) in [5, 5.41) is 27.0. The number of hydrogen-bond donors (Lipinski definition) is 2. The van der Waals surface area contributed by atoms with Gasteiger partial charge in [-0.15, -0.1) is 24.3 Å². The molecule has 6 aromatic carbocycles. The van der Waals surface area contributed by atoms with E-state index >= 15 is 0 Å². The van der Waals surface area contributed by atoms with Gasteiger partial charge in [-0.3, -0.25) is 0 Å². The van der Waals surface area contributed by atoms with Crippen LogP contribution in [0.15, 0.2) is 146 Å². The SMILES string of the molecule is CC(C)(C)c1cc(C[S]2=[Zr]=[S@@](Cc3cc(C(C)(C)C)cc(C4(c5ccccc5)CCCCC4)c3O)C3CCCCCC[C@@H]32)c(O)c(C2(c3ccccc3)CCCCC2)c1.[CH2-]c1ccccc1.[CH2-]c1ccccc1. The van der Waals surface area contributed by atoms with Crippen LogP contribution in [0.4, 0.5) is 0 Å². The topological polar surface area (TPSA) is 40.5 Å². The van der Waals surface area contributed by atoms with Gasteiger partial charge in [-0.2, -0.15) is 49.2 Å². The van der Waals surface area contributed by atoms with E-state index in [2.05, 4.69) is 140 Å². The van der Waals surface area contributed by atoms with E-state index in [9.17, 15) is 10.2 Å². The molecule has 2 unspecified atom stereocenters. The number of phenolic OH excluding ortho intramolecular Hbond substituents is 2. The van der Waals surface area contributed by atoms with Crippen molar-refractivity contribution in [2.45, 2.75) is 188 Å². The molecular weight excluding hydrogens is 1000 g/mol. The molecule has 3 saturated carbocycles. The second kappa shape index (κ2) is 24.9. The Morgan fingerprint density at radius 3 is 1.07 bits per heavy atom. The summed E-state index contributed by atoms with van der Waals surface area (Å²) in [7, 11) is 0.660. The van der Waals surface area contributed by atoms with Crippen LogP contribution in [0, 0.1) is 13.8 Å². The molecule has 1 heterocycles. The first-order chi connectivity index (χ1) is 35.1. The molecule has 73 heavy (non-hydrogen) atoms. The van der Waals surface area contributed by atoms with E-state index in [0.717, 1.165) is 58.8 Å². The Balaban J connectivity index is 0.000000438. The van der Waals surface area contributed by atoms with Crippen LogP contribution < -0.4 is 0 Å². The van der Waals surface area contributed by atoms with Gasteiger partial charge in [0.25, 0.3) is 0 Å². The minimum atomic E-state index is -0.908. The molecule has 0 radical (unpaired) electrons. The minimum absolute atomic E-state index is 0.00166. The standard InChI is InChI=1S/C54H72O2S2.2C7H7.Zr/c1-51(2,3)43-33-39(49(55)45(35-43)53(29-19-11-20-30-53)41-23-13-9-14-24-41)37-57-47-27-17-7-8-18-28-48(47)58-38-40-34-44(52(4,5)6)36-46(50(40)56)54(31-21-12-22-32-54)42-25-15-10-16-26-42;2*1-7-5-3-2-4-6-7;/h9-10,13-16,23-26,33-36,47-48,55-56H,7-8,11-12,17-22,27-32,37-38H2,1-6H3;2*2-6H,1H2;/q;2*-1;/t47-,48?;;;/m0.../s1. The summed E-state index contributed by atoms with van der Waals surface area (Å²) in [6.07, 6.45) is 20.0. The molecule has 4 aliphatic rings. The Hall–Kier alpha value is -3.76. The van der Waals surface area contributed by atoms with Crippen molar-refractivity contribution in [2.75, 3.05) is 0 Å². The summed E-state index contributed by atoms with van der Waals surface area (Å²) in [4.78, 5) is 0. The average molecular weight is 1090 g/mol. The van der Waals surface area contributed by atoms with Crippen LogP contribution in [0.1, 0.15) is 200 Å². The maximum absolute atomic E-state index is 12.7. The Labute approximate surface area is 454 Å². The van der Waals surface area contributed by atoms with Crippen molar-refractivity contribution in [1.82, 2.24) is 0 Å². The van der Waals surface area contributed by atoms with Gasteiger partial charge in [0.2, 0.25) is 0 Å². The van der Waals surface area contributed by atoms with Crippen LogP contribution in [-0.4, -0.2) is 20.7 Å². The van der Waals surface area contributed by atoms with E-state index in [1.807, 2.05) is 60.7 Å². The Bertz CT molecular complexity index is 2600. The number of hydrogen-bond acceptors (Lipinski definition) is 2. The van der Waals surface area contributed by atoms with Gasteiger partial charge in [-0.25, -0.2) is 0 Å². The number of phenols is 2. The molecule has 388 valence electrons. The van der Waals surface area contributed by atoms with Gasteiger partial charge in [0.15, 0.2) is 0 Å². The molecule has 5 heteroatoms. The van der Waals surface area contributed by atoms with Gasteiger partial charge >= 0.3 is 372 Å². The van der Waals surface area contributed by atoms with Crippen LogP contribution in [-0.2, 0) is 52.3 Å². The molecule has 3 fully saturated rings. The summed E-state index contributed by atoms with van der Waals surface area (Å²) in [6.45, 7) is 21.6.